The predicted octanol–water partition coefficient (Wildman–Crippen LogP) is 2.90. The lowest BCUT2D eigenvalue weighted by Crippen LogP contribution is -2.50. The lowest BCUT2D eigenvalue weighted by Gasteiger charge is -2.36. The summed E-state index contributed by atoms with van der Waals surface area (Å²) in [7, 11) is 2.97. The Balaban J connectivity index is 2.18. The van der Waals surface area contributed by atoms with Crippen molar-refractivity contribution in [3.63, 3.8) is 0 Å². The monoisotopic (exact) mass is 349 g/mol. The summed E-state index contributed by atoms with van der Waals surface area (Å²) < 4.78 is 37.7. The normalized spacial score (nSPS) is 21.0. The highest BCUT2D eigenvalue weighted by Crippen LogP contribution is 2.37. The van der Waals surface area contributed by atoms with Crippen LogP contribution >= 0.6 is 11.6 Å². The molecule has 1 heterocycles. The Labute approximate surface area is 137 Å². The van der Waals surface area contributed by atoms with Gasteiger partial charge in [-0.3, -0.25) is 9.69 Å². The summed E-state index contributed by atoms with van der Waals surface area (Å²) in [6.07, 6.45) is -0.491. The lowest BCUT2D eigenvalue weighted by molar-refractivity contribution is -0.167. The van der Waals surface area contributed by atoms with Crippen LogP contribution in [0.3, 0.4) is 0 Å². The molecule has 0 amide bonds. The quantitative estimate of drug-likeness (QED) is 0.885. The molecule has 1 atom stereocenters. The molecule has 1 aliphatic heterocycles. The molecule has 1 unspecified atom stereocenters. The molecule has 128 valence electrons. The van der Waals surface area contributed by atoms with Crippen molar-refractivity contribution in [2.45, 2.75) is 18.9 Å². The zero-order valence-corrected chi connectivity index (χ0v) is 13.6. The van der Waals surface area contributed by atoms with Crippen LogP contribution in [0, 0.1) is 5.92 Å². The van der Waals surface area contributed by atoms with Crippen molar-refractivity contribution in [1.82, 2.24) is 4.90 Å². The van der Waals surface area contributed by atoms with Gasteiger partial charge in [-0.1, -0.05) is 11.6 Å². The molecule has 0 saturated carbocycles. The van der Waals surface area contributed by atoms with Crippen molar-refractivity contribution in [1.29, 1.82) is 0 Å². The number of halogens is 3. The van der Waals surface area contributed by atoms with Gasteiger partial charge in [0.05, 0.1) is 14.2 Å². The Morgan fingerprint density at radius 3 is 2.57 bits per heavy atom. The van der Waals surface area contributed by atoms with Gasteiger partial charge in [-0.25, -0.2) is 8.78 Å². The van der Waals surface area contributed by atoms with Crippen LogP contribution < -0.4 is 9.47 Å². The van der Waals surface area contributed by atoms with E-state index in [0.717, 1.165) is 0 Å². The zero-order valence-electron chi connectivity index (χ0n) is 12.8. The number of aliphatic carboxylic acids is 1. The molecule has 0 aliphatic carbocycles. The number of alkyl halides is 2. The van der Waals surface area contributed by atoms with Gasteiger partial charge in [0.1, 0.15) is 5.92 Å². The third-order valence-electron chi connectivity index (χ3n) is 3.96. The Hall–Kier alpha value is -1.60. The average molecular weight is 350 g/mol. The molecule has 1 aliphatic rings. The summed E-state index contributed by atoms with van der Waals surface area (Å²) in [5.74, 6) is -5.45. The molecule has 23 heavy (non-hydrogen) atoms. The van der Waals surface area contributed by atoms with E-state index >= 15 is 0 Å². The Kier molecular flexibility index (Phi) is 5.31. The molecule has 1 aromatic carbocycles. The number of benzene rings is 1. The lowest BCUT2D eigenvalue weighted by atomic mass is 9.93. The minimum Gasteiger partial charge on any atom is -0.493 e. The molecule has 1 aromatic rings. The van der Waals surface area contributed by atoms with Gasteiger partial charge in [-0.05, 0) is 11.6 Å². The molecule has 0 aromatic heterocycles. The van der Waals surface area contributed by atoms with E-state index in [9.17, 15) is 13.6 Å². The van der Waals surface area contributed by atoms with E-state index in [-0.39, 0.29) is 19.6 Å². The van der Waals surface area contributed by atoms with Crippen molar-refractivity contribution >= 4 is 17.6 Å². The largest absolute Gasteiger partial charge is 0.493 e. The van der Waals surface area contributed by atoms with E-state index in [0.29, 0.717) is 22.1 Å². The Morgan fingerprint density at radius 1 is 1.39 bits per heavy atom. The molecule has 0 spiro atoms. The number of nitrogens with zero attached hydrogens (tertiary/aromatic N) is 1. The van der Waals surface area contributed by atoms with Crippen LogP contribution in [0.5, 0.6) is 11.5 Å². The third-order valence-corrected chi connectivity index (χ3v) is 4.31. The van der Waals surface area contributed by atoms with Gasteiger partial charge in [-0.2, -0.15) is 0 Å². The molecule has 2 rings (SSSR count). The summed E-state index contributed by atoms with van der Waals surface area (Å²) in [4.78, 5) is 12.7. The van der Waals surface area contributed by atoms with E-state index < -0.39 is 24.2 Å². The topological polar surface area (TPSA) is 59.0 Å². The summed E-state index contributed by atoms with van der Waals surface area (Å²) in [6.45, 7) is 0.132. The van der Waals surface area contributed by atoms with Gasteiger partial charge in [-0.15, -0.1) is 0 Å². The maximum Gasteiger partial charge on any atom is 0.313 e. The first-order valence-electron chi connectivity index (χ1n) is 7.02. The number of carboxylic acid groups (broad SMARTS) is 1. The molecule has 0 radical (unpaired) electrons. The second-order valence-corrected chi connectivity index (χ2v) is 5.84. The van der Waals surface area contributed by atoms with E-state index in [1.54, 1.807) is 17.0 Å². The molecule has 8 heteroatoms. The van der Waals surface area contributed by atoms with Gasteiger partial charge in [0.2, 0.25) is 0 Å². The van der Waals surface area contributed by atoms with Crippen LogP contribution in [0.4, 0.5) is 8.78 Å². The minimum atomic E-state index is -3.19. The summed E-state index contributed by atoms with van der Waals surface area (Å²) in [5, 5.41) is 9.40. The average Bonchev–Trinajstić information content (AvgIpc) is 2.49. The van der Waals surface area contributed by atoms with Crippen molar-refractivity contribution < 1.29 is 28.2 Å². The number of rotatable bonds is 5. The zero-order chi connectivity index (χ0) is 17.2. The van der Waals surface area contributed by atoms with Crippen LogP contribution in [0.1, 0.15) is 12.0 Å². The fourth-order valence-corrected chi connectivity index (χ4v) is 2.84. The standard InChI is InChI=1S/C15H18ClF2NO4/c1-22-12-5-9(11(16)6-13(12)23-2)7-19-4-3-15(17,18)10(8-19)14(20)21/h5-6,10H,3-4,7-8H2,1-2H3,(H,20,21). The SMILES string of the molecule is COc1cc(Cl)c(CN2CCC(F)(F)C(C(=O)O)C2)cc1OC. The first-order valence-corrected chi connectivity index (χ1v) is 7.39. The molecular formula is C15H18ClF2NO4. The van der Waals surface area contributed by atoms with E-state index in [1.165, 1.54) is 14.2 Å². The van der Waals surface area contributed by atoms with Crippen molar-refractivity contribution in [3.8, 4) is 11.5 Å². The molecule has 1 N–H and O–H groups in total. The first-order chi connectivity index (χ1) is 10.8. The minimum absolute atomic E-state index is 0.0987. The highest BCUT2D eigenvalue weighted by atomic mass is 35.5. The highest BCUT2D eigenvalue weighted by Gasteiger charge is 2.48. The van der Waals surface area contributed by atoms with Gasteiger partial charge in [0.25, 0.3) is 5.92 Å². The highest BCUT2D eigenvalue weighted by molar-refractivity contribution is 6.31. The Morgan fingerprint density at radius 2 is 2.00 bits per heavy atom. The molecule has 1 saturated heterocycles. The third kappa shape index (κ3) is 3.84. The van der Waals surface area contributed by atoms with E-state index in [1.807, 2.05) is 0 Å². The Bertz CT molecular complexity index is 597. The van der Waals surface area contributed by atoms with Gasteiger partial charge < -0.3 is 14.6 Å². The maximum atomic E-state index is 13.7. The van der Waals surface area contributed by atoms with Gasteiger partial charge in [0.15, 0.2) is 11.5 Å². The molecule has 1 fully saturated rings. The number of likely N-dealkylation sites (tertiary alicyclic amines) is 1. The van der Waals surface area contributed by atoms with Crippen molar-refractivity contribution in [2.75, 3.05) is 27.3 Å². The smallest absolute Gasteiger partial charge is 0.313 e. The fourth-order valence-electron chi connectivity index (χ4n) is 2.63. The second kappa shape index (κ2) is 6.88. The fraction of sp³-hybridized carbons (Fsp3) is 0.533. The summed E-state index contributed by atoms with van der Waals surface area (Å²) >= 11 is 6.18. The number of hydrogen-bond donors (Lipinski definition) is 1. The van der Waals surface area contributed by atoms with Crippen LogP contribution in [-0.4, -0.2) is 49.2 Å². The van der Waals surface area contributed by atoms with E-state index in [4.69, 9.17) is 26.2 Å². The summed E-state index contributed by atoms with van der Waals surface area (Å²) in [6, 6.07) is 3.26. The number of methoxy groups -OCH3 is 2. The van der Waals surface area contributed by atoms with Crippen molar-refractivity contribution in [2.24, 2.45) is 5.92 Å². The molecular weight excluding hydrogens is 332 g/mol. The molecule has 5 nitrogen and oxygen atoms in total. The van der Waals surface area contributed by atoms with Crippen LogP contribution in [0.15, 0.2) is 12.1 Å². The number of ether oxygens (including phenoxy) is 2. The van der Waals surface area contributed by atoms with Crippen LogP contribution in [0.25, 0.3) is 0 Å². The van der Waals surface area contributed by atoms with Gasteiger partial charge >= 0.3 is 5.97 Å². The van der Waals surface area contributed by atoms with Crippen LogP contribution in [-0.2, 0) is 11.3 Å². The number of piperidine rings is 1. The first kappa shape index (κ1) is 17.7. The number of carbonyl (C=O) groups is 1. The summed E-state index contributed by atoms with van der Waals surface area (Å²) in [5.41, 5.74) is 0.665. The number of hydrogen-bond acceptors (Lipinski definition) is 4. The second-order valence-electron chi connectivity index (χ2n) is 5.44. The van der Waals surface area contributed by atoms with Crippen LogP contribution in [0.2, 0.25) is 5.02 Å². The van der Waals surface area contributed by atoms with Crippen molar-refractivity contribution in [3.05, 3.63) is 22.7 Å². The maximum absolute atomic E-state index is 13.7. The molecule has 0 bridgehead atoms. The number of carboxylic acids is 1. The predicted molar refractivity (Wildman–Crippen MR) is 80.5 cm³/mol. The van der Waals surface area contributed by atoms with Gasteiger partial charge in [0, 0.05) is 37.1 Å². The van der Waals surface area contributed by atoms with E-state index in [2.05, 4.69) is 0 Å².